The molecule has 2 amide bonds. The minimum Gasteiger partial charge on any atom is -0.507 e. The average Bonchev–Trinajstić information content (AvgIpc) is 3.17. The van der Waals surface area contributed by atoms with Crippen LogP contribution in [0.1, 0.15) is 29.9 Å². The Morgan fingerprint density at radius 2 is 1.82 bits per heavy atom. The first-order valence-corrected chi connectivity index (χ1v) is 13.7. The molecule has 1 fully saturated rings. The van der Waals surface area contributed by atoms with E-state index in [1.54, 1.807) is 30.3 Å². The Bertz CT molecular complexity index is 1600. The van der Waals surface area contributed by atoms with Crippen molar-refractivity contribution in [1.82, 2.24) is 0 Å². The van der Waals surface area contributed by atoms with Crippen LogP contribution in [0.5, 0.6) is 11.5 Å². The number of nitrogens with zero attached hydrogens (tertiary/aromatic N) is 1. The molecule has 1 saturated heterocycles. The zero-order chi connectivity index (χ0) is 27.7. The third-order valence-electron chi connectivity index (χ3n) is 8.29. The lowest BCUT2D eigenvalue weighted by atomic mass is 9.59. The second-order valence-electron chi connectivity index (χ2n) is 10.3. The number of imide groups is 1. The van der Waals surface area contributed by atoms with Crippen molar-refractivity contribution >= 4 is 56.6 Å². The van der Waals surface area contributed by atoms with E-state index in [1.807, 2.05) is 13.0 Å². The SMILES string of the molecule is COc1ccc([C@H]2C3=CC[C@@H]4C(=O)N(c5ccc(C)c(Cl)c5)C(=O)[C@@H]4[C@@H]3CC3=C2C(=O)C=C(Br)C3=O)c(O)c1. The van der Waals surface area contributed by atoms with Gasteiger partial charge >= 0.3 is 0 Å². The number of Topliss-reactive ketones (excluding diaryl/α,β-unsaturated/α-hetero) is 1. The number of fused-ring (bicyclic) bond motifs is 3. The Hall–Kier alpha value is -3.49. The van der Waals surface area contributed by atoms with Crippen LogP contribution >= 0.6 is 27.5 Å². The van der Waals surface area contributed by atoms with E-state index in [4.69, 9.17) is 16.3 Å². The molecule has 0 saturated carbocycles. The molecule has 0 spiro atoms. The molecule has 4 aliphatic rings. The Morgan fingerprint density at radius 1 is 1.05 bits per heavy atom. The van der Waals surface area contributed by atoms with Crippen molar-refractivity contribution in [3.63, 3.8) is 0 Å². The first-order valence-electron chi connectivity index (χ1n) is 12.5. The molecule has 9 heteroatoms. The number of carbonyl (C=O) groups excluding carboxylic acids is 4. The molecule has 0 radical (unpaired) electrons. The van der Waals surface area contributed by atoms with Gasteiger partial charge in [0.1, 0.15) is 11.5 Å². The number of halogens is 2. The summed E-state index contributed by atoms with van der Waals surface area (Å²) in [6.45, 7) is 1.84. The molecule has 0 aromatic heterocycles. The second-order valence-corrected chi connectivity index (χ2v) is 11.5. The molecule has 1 heterocycles. The van der Waals surface area contributed by atoms with Crippen molar-refractivity contribution in [2.45, 2.75) is 25.7 Å². The minimum absolute atomic E-state index is 0.0894. The van der Waals surface area contributed by atoms with Gasteiger partial charge in [0.15, 0.2) is 11.6 Å². The summed E-state index contributed by atoms with van der Waals surface area (Å²) in [5.74, 6) is -3.56. The summed E-state index contributed by atoms with van der Waals surface area (Å²) in [6.07, 6.45) is 3.61. The fraction of sp³-hybridized carbons (Fsp3) is 0.267. The van der Waals surface area contributed by atoms with E-state index in [2.05, 4.69) is 15.9 Å². The summed E-state index contributed by atoms with van der Waals surface area (Å²) in [4.78, 5) is 55.4. The smallest absolute Gasteiger partial charge is 0.238 e. The number of rotatable bonds is 3. The fourth-order valence-corrected chi connectivity index (χ4v) is 7.05. The van der Waals surface area contributed by atoms with E-state index in [0.29, 0.717) is 39.6 Å². The lowest BCUT2D eigenvalue weighted by molar-refractivity contribution is -0.123. The summed E-state index contributed by atoms with van der Waals surface area (Å²) in [6, 6.07) is 9.89. The Kier molecular flexibility index (Phi) is 6.15. The van der Waals surface area contributed by atoms with E-state index in [9.17, 15) is 24.3 Å². The van der Waals surface area contributed by atoms with Crippen molar-refractivity contribution in [3.05, 3.63) is 85.9 Å². The van der Waals surface area contributed by atoms with Gasteiger partial charge in [0.2, 0.25) is 11.8 Å². The number of aryl methyl sites for hydroxylation is 1. The highest BCUT2D eigenvalue weighted by atomic mass is 79.9. The number of carbonyl (C=O) groups is 4. The van der Waals surface area contributed by atoms with Gasteiger partial charge in [-0.1, -0.05) is 35.4 Å². The number of aromatic hydroxyl groups is 1. The molecule has 2 aromatic rings. The Labute approximate surface area is 237 Å². The van der Waals surface area contributed by atoms with Gasteiger partial charge in [-0.25, -0.2) is 4.90 Å². The van der Waals surface area contributed by atoms with Crippen LogP contribution in [0.2, 0.25) is 5.02 Å². The van der Waals surface area contributed by atoms with Crippen LogP contribution in [0.15, 0.2) is 69.8 Å². The van der Waals surface area contributed by atoms with E-state index in [-0.39, 0.29) is 40.0 Å². The number of hydrogen-bond acceptors (Lipinski definition) is 6. The van der Waals surface area contributed by atoms with Crippen LogP contribution in [-0.2, 0) is 19.2 Å². The first-order chi connectivity index (χ1) is 18.6. The lowest BCUT2D eigenvalue weighted by Crippen LogP contribution is -2.39. The van der Waals surface area contributed by atoms with Crippen molar-refractivity contribution in [2.24, 2.45) is 17.8 Å². The minimum atomic E-state index is -0.746. The Balaban J connectivity index is 1.49. The highest BCUT2D eigenvalue weighted by Gasteiger charge is 2.57. The van der Waals surface area contributed by atoms with Gasteiger partial charge in [-0.2, -0.15) is 0 Å². The molecule has 0 bridgehead atoms. The second kappa shape index (κ2) is 9.31. The zero-order valence-corrected chi connectivity index (χ0v) is 23.4. The summed E-state index contributed by atoms with van der Waals surface area (Å²) < 4.78 is 5.38. The summed E-state index contributed by atoms with van der Waals surface area (Å²) in [5, 5.41) is 11.4. The van der Waals surface area contributed by atoms with Crippen LogP contribution in [0.3, 0.4) is 0 Å². The number of hydrogen-bond donors (Lipinski definition) is 1. The predicted molar refractivity (Wildman–Crippen MR) is 148 cm³/mol. The van der Waals surface area contributed by atoms with Crippen LogP contribution in [0.25, 0.3) is 0 Å². The molecule has 1 aliphatic heterocycles. The molecule has 2 aromatic carbocycles. The molecule has 198 valence electrons. The quantitative estimate of drug-likeness (QED) is 0.287. The van der Waals surface area contributed by atoms with Gasteiger partial charge in [-0.05, 0) is 65.4 Å². The summed E-state index contributed by atoms with van der Waals surface area (Å²) in [7, 11) is 1.48. The summed E-state index contributed by atoms with van der Waals surface area (Å²) >= 11 is 9.54. The zero-order valence-electron chi connectivity index (χ0n) is 21.0. The van der Waals surface area contributed by atoms with Gasteiger partial charge in [0.05, 0.1) is 29.1 Å². The normalized spacial score (nSPS) is 26.2. The number of phenolic OH excluding ortho intramolecular Hbond substituents is 1. The van der Waals surface area contributed by atoms with E-state index in [0.717, 1.165) is 11.1 Å². The van der Waals surface area contributed by atoms with Crippen molar-refractivity contribution in [3.8, 4) is 11.5 Å². The average molecular weight is 609 g/mol. The molecule has 39 heavy (non-hydrogen) atoms. The third kappa shape index (κ3) is 3.84. The maximum Gasteiger partial charge on any atom is 0.238 e. The highest BCUT2D eigenvalue weighted by molar-refractivity contribution is 9.12. The van der Waals surface area contributed by atoms with E-state index >= 15 is 0 Å². The van der Waals surface area contributed by atoms with Gasteiger partial charge in [0, 0.05) is 39.8 Å². The molecule has 6 rings (SSSR count). The first kappa shape index (κ1) is 25.8. The summed E-state index contributed by atoms with van der Waals surface area (Å²) in [5.41, 5.74) is 3.02. The molecular formula is C30H23BrClNO6. The largest absolute Gasteiger partial charge is 0.507 e. The van der Waals surface area contributed by atoms with E-state index in [1.165, 1.54) is 24.2 Å². The van der Waals surface area contributed by atoms with Gasteiger partial charge < -0.3 is 9.84 Å². The van der Waals surface area contributed by atoms with Crippen molar-refractivity contribution in [2.75, 3.05) is 12.0 Å². The van der Waals surface area contributed by atoms with Gasteiger partial charge in [-0.3, -0.25) is 19.2 Å². The third-order valence-corrected chi connectivity index (χ3v) is 9.29. The van der Waals surface area contributed by atoms with Crippen LogP contribution < -0.4 is 9.64 Å². The van der Waals surface area contributed by atoms with Gasteiger partial charge in [-0.15, -0.1) is 0 Å². The number of benzene rings is 2. The maximum absolute atomic E-state index is 13.9. The van der Waals surface area contributed by atoms with Crippen LogP contribution in [0.4, 0.5) is 5.69 Å². The molecule has 7 nitrogen and oxygen atoms in total. The standard InChI is InChI=1S/C30H23BrClNO6/c1-13-3-4-14(9-22(13)32)33-29(37)18-8-7-16-19(26(18)30(33)38)11-20-27(24(35)12-21(31)28(20)36)25(16)17-6-5-15(39-2)10-23(17)34/h3-7,9-10,12,18-19,25-26,34H,8,11H2,1-2H3/t18-,19+,25+,26-/m0/s1. The number of anilines is 1. The number of allylic oxidation sites excluding steroid dienone is 6. The fourth-order valence-electron chi connectivity index (χ4n) is 6.43. The maximum atomic E-state index is 13.9. The molecular weight excluding hydrogens is 586 g/mol. The van der Waals surface area contributed by atoms with Gasteiger partial charge in [0.25, 0.3) is 0 Å². The molecule has 3 aliphatic carbocycles. The number of amides is 2. The number of ether oxygens (including phenoxy) is 1. The molecule has 0 unspecified atom stereocenters. The van der Waals surface area contributed by atoms with Crippen LogP contribution in [0, 0.1) is 24.7 Å². The Morgan fingerprint density at radius 3 is 2.51 bits per heavy atom. The van der Waals surface area contributed by atoms with Crippen molar-refractivity contribution in [1.29, 1.82) is 0 Å². The van der Waals surface area contributed by atoms with Crippen LogP contribution in [-0.4, -0.2) is 35.6 Å². The monoisotopic (exact) mass is 607 g/mol. The van der Waals surface area contributed by atoms with E-state index < -0.39 is 23.7 Å². The predicted octanol–water partition coefficient (Wildman–Crippen LogP) is 5.33. The topological polar surface area (TPSA) is 101 Å². The molecule has 1 N–H and O–H groups in total. The number of phenols is 1. The number of methoxy groups -OCH3 is 1. The molecule has 4 atom stereocenters. The number of ketones is 2. The lowest BCUT2D eigenvalue weighted by Gasteiger charge is -2.42. The van der Waals surface area contributed by atoms with Crippen molar-refractivity contribution < 1.29 is 29.0 Å². The highest BCUT2D eigenvalue weighted by Crippen LogP contribution is 2.56.